The van der Waals surface area contributed by atoms with Crippen LogP contribution in [0.1, 0.15) is 41.8 Å². The van der Waals surface area contributed by atoms with Gasteiger partial charge in [-0.05, 0) is 25.8 Å². The van der Waals surface area contributed by atoms with Crippen molar-refractivity contribution in [3.8, 4) is 0 Å². The molecule has 1 aromatic heterocycles. The van der Waals surface area contributed by atoms with Gasteiger partial charge in [-0.2, -0.15) is 0 Å². The molecule has 2 N–H and O–H groups in total. The minimum Gasteiger partial charge on any atom is -0.481 e. The molecule has 5 nitrogen and oxygen atoms in total. The zero-order chi connectivity index (χ0) is 13.1. The second kappa shape index (κ2) is 5.25. The number of furan rings is 1. The Morgan fingerprint density at radius 3 is 2.72 bits per heavy atom. The number of carboxylic acids is 1. The van der Waals surface area contributed by atoms with E-state index in [1.54, 1.807) is 13.0 Å². The molecule has 1 amide bonds. The number of hydrogen-bond donors (Lipinski definition) is 2. The molecular weight excluding hydrogens is 234 g/mol. The number of amides is 1. The average Bonchev–Trinajstić information content (AvgIpc) is 2.76. The molecule has 18 heavy (non-hydrogen) atoms. The van der Waals surface area contributed by atoms with Crippen molar-refractivity contribution in [2.75, 3.05) is 0 Å². The van der Waals surface area contributed by atoms with Gasteiger partial charge in [0.05, 0.1) is 11.5 Å². The third-order valence-corrected chi connectivity index (χ3v) is 3.39. The van der Waals surface area contributed by atoms with Crippen LogP contribution in [0.15, 0.2) is 16.7 Å². The molecule has 1 aliphatic rings. The predicted molar refractivity (Wildman–Crippen MR) is 64.3 cm³/mol. The molecule has 5 heteroatoms. The van der Waals surface area contributed by atoms with E-state index in [0.717, 1.165) is 19.3 Å². The Bertz CT molecular complexity index is 452. The van der Waals surface area contributed by atoms with Crippen LogP contribution >= 0.6 is 0 Å². The lowest BCUT2D eigenvalue weighted by Gasteiger charge is -2.29. The number of aryl methyl sites for hydroxylation is 1. The Morgan fingerprint density at radius 2 is 2.11 bits per heavy atom. The molecule has 2 atom stereocenters. The van der Waals surface area contributed by atoms with Crippen molar-refractivity contribution < 1.29 is 19.1 Å². The molecule has 0 radical (unpaired) electrons. The van der Waals surface area contributed by atoms with Crippen molar-refractivity contribution >= 4 is 11.9 Å². The van der Waals surface area contributed by atoms with Gasteiger partial charge < -0.3 is 14.8 Å². The lowest BCUT2D eigenvalue weighted by atomic mass is 9.84. The molecule has 1 aromatic rings. The van der Waals surface area contributed by atoms with Crippen molar-refractivity contribution in [1.29, 1.82) is 0 Å². The van der Waals surface area contributed by atoms with E-state index in [0.29, 0.717) is 17.7 Å². The molecule has 2 rings (SSSR count). The molecule has 0 spiro atoms. The van der Waals surface area contributed by atoms with Crippen LogP contribution in [-0.2, 0) is 4.79 Å². The maximum absolute atomic E-state index is 11.9. The number of carbonyl (C=O) groups excluding carboxylic acids is 1. The van der Waals surface area contributed by atoms with E-state index in [-0.39, 0.29) is 11.9 Å². The van der Waals surface area contributed by atoms with Crippen molar-refractivity contribution in [3.63, 3.8) is 0 Å². The van der Waals surface area contributed by atoms with Crippen molar-refractivity contribution in [2.24, 2.45) is 5.92 Å². The maximum Gasteiger partial charge on any atom is 0.308 e. The first-order valence-electron chi connectivity index (χ1n) is 6.16. The highest BCUT2D eigenvalue weighted by molar-refractivity contribution is 5.94. The topological polar surface area (TPSA) is 79.5 Å². The summed E-state index contributed by atoms with van der Waals surface area (Å²) < 4.78 is 5.07. The normalized spacial score (nSPS) is 23.6. The minimum atomic E-state index is -0.830. The molecule has 1 heterocycles. The van der Waals surface area contributed by atoms with Gasteiger partial charge in [0, 0.05) is 6.04 Å². The summed E-state index contributed by atoms with van der Waals surface area (Å²) in [6, 6.07) is 1.37. The van der Waals surface area contributed by atoms with E-state index in [1.165, 1.54) is 6.26 Å². The summed E-state index contributed by atoms with van der Waals surface area (Å²) in [5.41, 5.74) is 0.446. The first-order valence-corrected chi connectivity index (χ1v) is 6.16. The van der Waals surface area contributed by atoms with E-state index in [4.69, 9.17) is 9.52 Å². The molecule has 2 unspecified atom stereocenters. The molecule has 1 aliphatic carbocycles. The molecule has 0 bridgehead atoms. The number of aliphatic carboxylic acids is 1. The van der Waals surface area contributed by atoms with E-state index in [9.17, 15) is 9.59 Å². The third-order valence-electron chi connectivity index (χ3n) is 3.39. The quantitative estimate of drug-likeness (QED) is 0.860. The Balaban J connectivity index is 2.03. The molecular formula is C13H17NO4. The van der Waals surface area contributed by atoms with Crippen LogP contribution in [0.4, 0.5) is 0 Å². The van der Waals surface area contributed by atoms with Gasteiger partial charge in [-0.25, -0.2) is 0 Å². The summed E-state index contributed by atoms with van der Waals surface area (Å²) >= 11 is 0. The third kappa shape index (κ3) is 2.72. The zero-order valence-electron chi connectivity index (χ0n) is 10.3. The van der Waals surface area contributed by atoms with Gasteiger partial charge in [-0.1, -0.05) is 12.8 Å². The van der Waals surface area contributed by atoms with Gasteiger partial charge >= 0.3 is 5.97 Å². The van der Waals surface area contributed by atoms with Gasteiger partial charge in [0.2, 0.25) is 0 Å². The van der Waals surface area contributed by atoms with Crippen LogP contribution in [0.3, 0.4) is 0 Å². The van der Waals surface area contributed by atoms with Gasteiger partial charge in [0.25, 0.3) is 5.91 Å². The van der Waals surface area contributed by atoms with E-state index < -0.39 is 11.9 Å². The Kier molecular flexibility index (Phi) is 3.69. The SMILES string of the molecule is Cc1cc(C(=O)NC2CCCCC2C(=O)O)co1. The van der Waals surface area contributed by atoms with Gasteiger partial charge in [-0.15, -0.1) is 0 Å². The Labute approximate surface area is 105 Å². The minimum absolute atomic E-state index is 0.259. The highest BCUT2D eigenvalue weighted by atomic mass is 16.4. The number of hydrogen-bond acceptors (Lipinski definition) is 3. The van der Waals surface area contributed by atoms with Crippen molar-refractivity contribution in [1.82, 2.24) is 5.32 Å². The van der Waals surface area contributed by atoms with Crippen LogP contribution in [0.5, 0.6) is 0 Å². The van der Waals surface area contributed by atoms with E-state index in [2.05, 4.69) is 5.32 Å². The standard InChI is InChI=1S/C13H17NO4/c1-8-6-9(7-18-8)12(15)14-11-5-3-2-4-10(11)13(16)17/h6-7,10-11H,2-5H2,1H3,(H,14,15)(H,16,17). The molecule has 0 saturated heterocycles. The number of carboxylic acid groups (broad SMARTS) is 1. The van der Waals surface area contributed by atoms with Crippen molar-refractivity contribution in [3.05, 3.63) is 23.7 Å². The van der Waals surface area contributed by atoms with Crippen LogP contribution in [0.2, 0.25) is 0 Å². The summed E-state index contributed by atoms with van der Waals surface area (Å²) in [5.74, 6) is -0.900. The average molecular weight is 251 g/mol. The fourth-order valence-electron chi connectivity index (χ4n) is 2.41. The first-order chi connectivity index (χ1) is 8.58. The summed E-state index contributed by atoms with van der Waals surface area (Å²) in [5, 5.41) is 11.9. The maximum atomic E-state index is 11.9. The number of carbonyl (C=O) groups is 2. The summed E-state index contributed by atoms with van der Waals surface area (Å²) in [6.07, 6.45) is 4.61. The molecule has 1 saturated carbocycles. The fraction of sp³-hybridized carbons (Fsp3) is 0.538. The van der Waals surface area contributed by atoms with Crippen LogP contribution in [0, 0.1) is 12.8 Å². The van der Waals surface area contributed by atoms with Gasteiger partial charge in [0.15, 0.2) is 0 Å². The van der Waals surface area contributed by atoms with Gasteiger partial charge in [-0.3, -0.25) is 9.59 Å². The van der Waals surface area contributed by atoms with Crippen LogP contribution in [-0.4, -0.2) is 23.0 Å². The summed E-state index contributed by atoms with van der Waals surface area (Å²) in [4.78, 5) is 23.0. The van der Waals surface area contributed by atoms with Gasteiger partial charge in [0.1, 0.15) is 12.0 Å². The molecule has 98 valence electrons. The monoisotopic (exact) mass is 251 g/mol. The predicted octanol–water partition coefficient (Wildman–Crippen LogP) is 1.96. The van der Waals surface area contributed by atoms with E-state index >= 15 is 0 Å². The second-order valence-electron chi connectivity index (χ2n) is 4.76. The lowest BCUT2D eigenvalue weighted by Crippen LogP contribution is -2.45. The smallest absolute Gasteiger partial charge is 0.308 e. The van der Waals surface area contributed by atoms with Crippen molar-refractivity contribution in [2.45, 2.75) is 38.6 Å². The number of nitrogens with one attached hydrogen (secondary N) is 1. The first kappa shape index (κ1) is 12.7. The lowest BCUT2D eigenvalue weighted by molar-refractivity contribution is -0.143. The second-order valence-corrected chi connectivity index (χ2v) is 4.76. The van der Waals surface area contributed by atoms with Crippen LogP contribution in [0.25, 0.3) is 0 Å². The summed E-state index contributed by atoms with van der Waals surface area (Å²) in [6.45, 7) is 1.76. The largest absolute Gasteiger partial charge is 0.481 e. The summed E-state index contributed by atoms with van der Waals surface area (Å²) in [7, 11) is 0. The zero-order valence-corrected chi connectivity index (χ0v) is 10.3. The Morgan fingerprint density at radius 1 is 1.39 bits per heavy atom. The Hall–Kier alpha value is -1.78. The molecule has 0 aliphatic heterocycles. The fourth-order valence-corrected chi connectivity index (χ4v) is 2.41. The molecule has 0 aromatic carbocycles. The number of rotatable bonds is 3. The van der Waals surface area contributed by atoms with Crippen LogP contribution < -0.4 is 5.32 Å². The highest BCUT2D eigenvalue weighted by Gasteiger charge is 2.32. The highest BCUT2D eigenvalue weighted by Crippen LogP contribution is 2.25. The molecule has 1 fully saturated rings. The van der Waals surface area contributed by atoms with E-state index in [1.807, 2.05) is 0 Å².